The minimum absolute atomic E-state index is 0. The number of aliphatic hydroxyl groups is 1. The van der Waals surface area contributed by atoms with Crippen LogP contribution in [-0.2, 0) is 4.74 Å². The second kappa shape index (κ2) is 4.52. The molecule has 4 heteroatoms. The van der Waals surface area contributed by atoms with Crippen LogP contribution >= 0.6 is 11.8 Å². The fourth-order valence-corrected chi connectivity index (χ4v) is 1.24. The average molecular weight is 347 g/mol. The molecule has 45 valence electrons. The number of rotatable bonds is 0. The van der Waals surface area contributed by atoms with Gasteiger partial charge in [0.2, 0.25) is 0 Å². The molecule has 0 amide bonds. The quantitative estimate of drug-likeness (QED) is 0.689. The summed E-state index contributed by atoms with van der Waals surface area (Å²) in [7, 11) is 0. The van der Waals surface area contributed by atoms with Gasteiger partial charge >= 0.3 is 0 Å². The first-order chi connectivity index (χ1) is 3.29. The van der Waals surface area contributed by atoms with Gasteiger partial charge < -0.3 is 9.84 Å². The second-order valence-electron chi connectivity index (χ2n) is 1.49. The van der Waals surface area contributed by atoms with E-state index in [0.29, 0.717) is 0 Å². The van der Waals surface area contributed by atoms with Gasteiger partial charge in [0.15, 0.2) is 6.29 Å². The summed E-state index contributed by atoms with van der Waals surface area (Å²) in [6.45, 7) is 1.93. The van der Waals surface area contributed by atoms with Crippen molar-refractivity contribution in [3.8, 4) is 0 Å². The van der Waals surface area contributed by atoms with Gasteiger partial charge in [-0.25, -0.2) is 0 Å². The van der Waals surface area contributed by atoms with Crippen LogP contribution in [0.15, 0.2) is 0 Å². The minimum Gasteiger partial charge on any atom is -0.367 e. The molecule has 0 aliphatic carbocycles. The summed E-state index contributed by atoms with van der Waals surface area (Å²) < 4.78 is 4.88. The molecular weight excluding hydrogens is 339 g/mol. The molecule has 0 saturated carbocycles. The van der Waals surface area contributed by atoms with E-state index in [2.05, 4.69) is 0 Å². The fourth-order valence-electron chi connectivity index (χ4n) is 0.518. The average Bonchev–Trinajstić information content (AvgIpc) is 1.87. The standard InChI is InChI=1S/C4H8O2S.Ac/c1-3-6-4(5)2-7-3;/h3-5H,2H2,1H3;/t3-,4?;/m0./s1. The number of hydrogen-bond donors (Lipinski definition) is 1. The third-order valence-electron chi connectivity index (χ3n) is 0.822. The van der Waals surface area contributed by atoms with E-state index in [1.54, 1.807) is 11.8 Å². The molecule has 1 fully saturated rings. The van der Waals surface area contributed by atoms with E-state index in [-0.39, 0.29) is 49.5 Å². The van der Waals surface area contributed by atoms with Crippen molar-refractivity contribution in [2.45, 2.75) is 18.6 Å². The van der Waals surface area contributed by atoms with Crippen molar-refractivity contribution in [1.82, 2.24) is 0 Å². The first-order valence-electron chi connectivity index (χ1n) is 2.24. The van der Waals surface area contributed by atoms with Crippen molar-refractivity contribution < 1.29 is 53.9 Å². The maximum absolute atomic E-state index is 8.66. The van der Waals surface area contributed by atoms with Crippen molar-refractivity contribution in [3.05, 3.63) is 0 Å². The Hall–Kier alpha value is 1.71. The molecule has 8 heavy (non-hydrogen) atoms. The van der Waals surface area contributed by atoms with Gasteiger partial charge in [-0.2, -0.15) is 0 Å². The van der Waals surface area contributed by atoms with E-state index in [1.165, 1.54) is 0 Å². The number of ether oxygens (including phenoxy) is 1. The Morgan fingerprint density at radius 3 is 2.50 bits per heavy atom. The first-order valence-corrected chi connectivity index (χ1v) is 3.29. The molecule has 1 radical (unpaired) electrons. The summed E-state index contributed by atoms with van der Waals surface area (Å²) >= 11 is 1.63. The van der Waals surface area contributed by atoms with Crippen molar-refractivity contribution in [2.75, 3.05) is 5.75 Å². The third kappa shape index (κ3) is 3.03. The van der Waals surface area contributed by atoms with Gasteiger partial charge in [0.25, 0.3) is 0 Å². The van der Waals surface area contributed by atoms with E-state index in [1.807, 2.05) is 6.92 Å². The van der Waals surface area contributed by atoms with Crippen LogP contribution in [0, 0.1) is 44.1 Å². The molecule has 0 bridgehead atoms. The molecule has 1 aliphatic rings. The Morgan fingerprint density at radius 2 is 2.38 bits per heavy atom. The van der Waals surface area contributed by atoms with Crippen molar-refractivity contribution in [1.29, 1.82) is 0 Å². The molecule has 1 unspecified atom stereocenters. The molecule has 0 aromatic heterocycles. The van der Waals surface area contributed by atoms with Crippen LogP contribution in [-0.4, -0.2) is 22.6 Å². The second-order valence-corrected chi connectivity index (χ2v) is 2.82. The molecule has 1 N–H and O–H groups in total. The maximum Gasteiger partial charge on any atom is 0.165 e. The predicted molar refractivity (Wildman–Crippen MR) is 29.0 cm³/mol. The van der Waals surface area contributed by atoms with Crippen molar-refractivity contribution in [3.63, 3.8) is 0 Å². The SMILES string of the molecule is C[C@H]1OC(O)CS1.[Ac]. The Morgan fingerprint density at radius 1 is 1.75 bits per heavy atom. The van der Waals surface area contributed by atoms with Crippen LogP contribution in [0.4, 0.5) is 0 Å². The van der Waals surface area contributed by atoms with E-state index >= 15 is 0 Å². The summed E-state index contributed by atoms with van der Waals surface area (Å²) in [4.78, 5) is 0. The molecular formula is C4H8AcO2S. The summed E-state index contributed by atoms with van der Waals surface area (Å²) in [5, 5.41) is 8.66. The van der Waals surface area contributed by atoms with Gasteiger partial charge in [0.1, 0.15) is 5.44 Å². The Kier molecular flexibility index (Phi) is 5.48. The monoisotopic (exact) mass is 347 g/mol. The predicted octanol–water partition coefficient (Wildman–Crippen LogP) is 0.414. The molecule has 2 nitrogen and oxygen atoms in total. The number of hydrogen-bond acceptors (Lipinski definition) is 3. The molecule has 0 spiro atoms. The Balaban J connectivity index is 0.000000490. The van der Waals surface area contributed by atoms with Crippen LogP contribution in [0.1, 0.15) is 6.92 Å². The number of aliphatic hydroxyl groups excluding tert-OH is 1. The molecule has 1 heterocycles. The topological polar surface area (TPSA) is 29.5 Å². The van der Waals surface area contributed by atoms with Crippen molar-refractivity contribution >= 4 is 11.8 Å². The van der Waals surface area contributed by atoms with Crippen LogP contribution in [0.2, 0.25) is 0 Å². The van der Waals surface area contributed by atoms with Crippen molar-refractivity contribution in [2.24, 2.45) is 0 Å². The zero-order valence-electron chi connectivity index (χ0n) is 4.70. The molecule has 0 aromatic carbocycles. The van der Waals surface area contributed by atoms with Gasteiger partial charge in [-0.1, -0.05) is 0 Å². The fraction of sp³-hybridized carbons (Fsp3) is 1.00. The molecule has 1 rings (SSSR count). The largest absolute Gasteiger partial charge is 0.367 e. The van der Waals surface area contributed by atoms with Gasteiger partial charge in [0, 0.05) is 49.8 Å². The van der Waals surface area contributed by atoms with Gasteiger partial charge in [-0.3, -0.25) is 0 Å². The van der Waals surface area contributed by atoms with Crippen LogP contribution < -0.4 is 0 Å². The zero-order valence-corrected chi connectivity index (χ0v) is 10.3. The molecule has 2 atom stereocenters. The molecule has 0 aromatic rings. The van der Waals surface area contributed by atoms with Crippen LogP contribution in [0.3, 0.4) is 0 Å². The smallest absolute Gasteiger partial charge is 0.165 e. The third-order valence-corrected chi connectivity index (χ3v) is 1.88. The van der Waals surface area contributed by atoms with Gasteiger partial charge in [-0.05, 0) is 6.92 Å². The molecule has 1 saturated heterocycles. The van der Waals surface area contributed by atoms with Crippen LogP contribution in [0.25, 0.3) is 0 Å². The number of thioether (sulfide) groups is 1. The molecule has 1 aliphatic heterocycles. The van der Waals surface area contributed by atoms with Gasteiger partial charge in [-0.15, -0.1) is 11.8 Å². The van der Waals surface area contributed by atoms with E-state index in [4.69, 9.17) is 9.84 Å². The summed E-state index contributed by atoms with van der Waals surface area (Å²) in [6, 6.07) is 0. The summed E-state index contributed by atoms with van der Waals surface area (Å²) in [5.74, 6) is 0.723. The van der Waals surface area contributed by atoms with E-state index in [0.717, 1.165) is 5.75 Å². The minimum atomic E-state index is -0.514. The van der Waals surface area contributed by atoms with E-state index in [9.17, 15) is 0 Å². The Labute approximate surface area is 88.9 Å². The summed E-state index contributed by atoms with van der Waals surface area (Å²) in [5.41, 5.74) is 0.190. The Bertz CT molecular complexity index is 63.1. The van der Waals surface area contributed by atoms with E-state index < -0.39 is 6.29 Å². The summed E-state index contributed by atoms with van der Waals surface area (Å²) in [6.07, 6.45) is -0.514. The van der Waals surface area contributed by atoms with Gasteiger partial charge in [0.05, 0.1) is 0 Å². The first kappa shape index (κ1) is 9.71. The zero-order chi connectivity index (χ0) is 5.28. The normalized spacial score (nSPS) is 36.8. The van der Waals surface area contributed by atoms with Crippen LogP contribution in [0.5, 0.6) is 0 Å². The maximum atomic E-state index is 8.66.